The number of benzene rings is 2. The molecular weight excluding hydrogens is 369 g/mol. The Morgan fingerprint density at radius 1 is 1.14 bits per heavy atom. The second kappa shape index (κ2) is 7.67. The fraction of sp³-hybridized carbons (Fsp3) is 0.286. The van der Waals surface area contributed by atoms with Crippen LogP contribution in [0.4, 0.5) is 13.2 Å². The molecule has 7 heteroatoms. The normalized spacial score (nSPS) is 11.9. The minimum atomic E-state index is -4.52. The second-order valence-corrected chi connectivity index (χ2v) is 6.75. The Kier molecular flexibility index (Phi) is 5.47. The molecule has 0 aliphatic carbocycles. The van der Waals surface area contributed by atoms with E-state index in [0.29, 0.717) is 48.0 Å². The Hall–Kier alpha value is -2.80. The van der Waals surface area contributed by atoms with E-state index in [1.54, 1.807) is 19.1 Å². The molecule has 2 aromatic carbocycles. The lowest BCUT2D eigenvalue weighted by Crippen LogP contribution is -2.08. The van der Waals surface area contributed by atoms with Gasteiger partial charge in [-0.15, -0.1) is 0 Å². The van der Waals surface area contributed by atoms with Gasteiger partial charge in [0.2, 0.25) is 0 Å². The highest BCUT2D eigenvalue weighted by atomic mass is 19.4. The van der Waals surface area contributed by atoms with Crippen molar-refractivity contribution in [3.05, 3.63) is 58.7 Å². The van der Waals surface area contributed by atoms with Crippen molar-refractivity contribution in [3.8, 4) is 11.3 Å². The number of alkyl halides is 3. The van der Waals surface area contributed by atoms with Gasteiger partial charge in [0.25, 0.3) is 0 Å². The molecule has 0 atom stereocenters. The Balaban J connectivity index is 2.35. The van der Waals surface area contributed by atoms with Gasteiger partial charge in [-0.05, 0) is 56.0 Å². The van der Waals surface area contributed by atoms with Crippen molar-refractivity contribution in [2.75, 3.05) is 6.54 Å². The SMILES string of the molecule is Cc1ccc(C(=O)O)c2c(CCCCN)c(-c3ccccc3C(F)(F)F)[nH]c12. The van der Waals surface area contributed by atoms with Crippen LogP contribution in [0.2, 0.25) is 0 Å². The molecule has 0 saturated heterocycles. The molecule has 0 aliphatic heterocycles. The van der Waals surface area contributed by atoms with Crippen LogP contribution in [-0.4, -0.2) is 22.6 Å². The standard InChI is InChI=1S/C21H21F3N2O2/c1-12-9-10-15(20(27)28)17-14(7-4-5-11-25)19(26-18(12)17)13-6-2-3-8-16(13)21(22,23)24/h2-3,6,8-10,26H,4-5,7,11,25H2,1H3,(H,27,28). The number of unbranched alkanes of at least 4 members (excludes halogenated alkanes) is 1. The van der Waals surface area contributed by atoms with Gasteiger partial charge in [-0.25, -0.2) is 4.79 Å². The van der Waals surface area contributed by atoms with Gasteiger partial charge in [-0.1, -0.05) is 24.3 Å². The van der Waals surface area contributed by atoms with E-state index in [2.05, 4.69) is 4.98 Å². The number of nitrogens with one attached hydrogen (secondary N) is 1. The van der Waals surface area contributed by atoms with Gasteiger partial charge in [0.05, 0.1) is 16.8 Å². The monoisotopic (exact) mass is 390 g/mol. The van der Waals surface area contributed by atoms with Crippen LogP contribution in [0.25, 0.3) is 22.2 Å². The first-order valence-electron chi connectivity index (χ1n) is 8.99. The number of nitrogens with two attached hydrogens (primary N) is 1. The van der Waals surface area contributed by atoms with Crippen LogP contribution in [0.1, 0.15) is 39.9 Å². The minimum Gasteiger partial charge on any atom is -0.478 e. The molecule has 3 aromatic rings. The topological polar surface area (TPSA) is 79.1 Å². The van der Waals surface area contributed by atoms with Crippen LogP contribution in [0.15, 0.2) is 36.4 Å². The Labute approximate surface area is 160 Å². The first-order valence-corrected chi connectivity index (χ1v) is 8.99. The van der Waals surface area contributed by atoms with Crippen LogP contribution in [0, 0.1) is 6.92 Å². The third kappa shape index (κ3) is 3.62. The summed E-state index contributed by atoms with van der Waals surface area (Å²) in [5.41, 5.74) is 7.13. The number of halogens is 3. The highest BCUT2D eigenvalue weighted by Crippen LogP contribution is 2.41. The fourth-order valence-corrected chi connectivity index (χ4v) is 3.56. The predicted octanol–water partition coefficient (Wildman–Crippen LogP) is 5.14. The molecule has 3 rings (SSSR count). The molecule has 0 unspecified atom stereocenters. The van der Waals surface area contributed by atoms with Crippen molar-refractivity contribution in [2.45, 2.75) is 32.4 Å². The summed E-state index contributed by atoms with van der Waals surface area (Å²) in [6.07, 6.45) is -2.74. The number of aryl methyl sites for hydroxylation is 2. The molecule has 28 heavy (non-hydrogen) atoms. The van der Waals surface area contributed by atoms with Gasteiger partial charge in [-0.3, -0.25) is 0 Å². The third-order valence-corrected chi connectivity index (χ3v) is 4.88. The molecule has 148 valence electrons. The van der Waals surface area contributed by atoms with Gasteiger partial charge >= 0.3 is 12.1 Å². The molecule has 0 spiro atoms. The molecule has 0 aliphatic rings. The van der Waals surface area contributed by atoms with Crippen molar-refractivity contribution in [1.29, 1.82) is 0 Å². The number of hydrogen-bond donors (Lipinski definition) is 3. The highest BCUT2D eigenvalue weighted by molar-refractivity contribution is 6.07. The number of rotatable bonds is 6. The van der Waals surface area contributed by atoms with Gasteiger partial charge < -0.3 is 15.8 Å². The first kappa shape index (κ1) is 19.9. The summed E-state index contributed by atoms with van der Waals surface area (Å²) in [6, 6.07) is 8.50. The van der Waals surface area contributed by atoms with Crippen molar-refractivity contribution in [3.63, 3.8) is 0 Å². The Morgan fingerprint density at radius 3 is 2.50 bits per heavy atom. The summed E-state index contributed by atoms with van der Waals surface area (Å²) in [7, 11) is 0. The third-order valence-electron chi connectivity index (χ3n) is 4.88. The maximum absolute atomic E-state index is 13.6. The lowest BCUT2D eigenvalue weighted by molar-refractivity contribution is -0.137. The number of carboxylic acid groups (broad SMARTS) is 1. The molecule has 1 heterocycles. The number of carbonyl (C=O) groups is 1. The number of aromatic amines is 1. The number of aromatic carboxylic acids is 1. The maximum atomic E-state index is 13.6. The highest BCUT2D eigenvalue weighted by Gasteiger charge is 2.34. The maximum Gasteiger partial charge on any atom is 0.417 e. The number of aromatic nitrogens is 1. The summed E-state index contributed by atoms with van der Waals surface area (Å²) in [5, 5.41) is 10.1. The van der Waals surface area contributed by atoms with Crippen molar-refractivity contribution < 1.29 is 23.1 Å². The van der Waals surface area contributed by atoms with E-state index in [0.717, 1.165) is 11.6 Å². The van der Waals surface area contributed by atoms with Gasteiger partial charge in [0.15, 0.2) is 0 Å². The largest absolute Gasteiger partial charge is 0.478 e. The smallest absolute Gasteiger partial charge is 0.417 e. The lowest BCUT2D eigenvalue weighted by atomic mass is 9.94. The molecule has 4 nitrogen and oxygen atoms in total. The molecule has 0 radical (unpaired) electrons. The molecule has 4 N–H and O–H groups in total. The van der Waals surface area contributed by atoms with Crippen LogP contribution in [0.3, 0.4) is 0 Å². The van der Waals surface area contributed by atoms with E-state index >= 15 is 0 Å². The fourth-order valence-electron chi connectivity index (χ4n) is 3.56. The van der Waals surface area contributed by atoms with E-state index in [4.69, 9.17) is 5.73 Å². The molecule has 0 saturated carbocycles. The zero-order valence-electron chi connectivity index (χ0n) is 15.4. The molecular formula is C21H21F3N2O2. The van der Waals surface area contributed by atoms with Crippen LogP contribution < -0.4 is 5.73 Å². The van der Waals surface area contributed by atoms with E-state index in [9.17, 15) is 23.1 Å². The zero-order valence-corrected chi connectivity index (χ0v) is 15.4. The van der Waals surface area contributed by atoms with E-state index in [1.807, 2.05) is 0 Å². The summed E-state index contributed by atoms with van der Waals surface area (Å²) < 4.78 is 40.8. The summed E-state index contributed by atoms with van der Waals surface area (Å²) in [6.45, 7) is 2.26. The number of fused-ring (bicyclic) bond motifs is 1. The number of hydrogen-bond acceptors (Lipinski definition) is 2. The van der Waals surface area contributed by atoms with Crippen molar-refractivity contribution in [1.82, 2.24) is 4.98 Å². The van der Waals surface area contributed by atoms with E-state index in [1.165, 1.54) is 18.2 Å². The van der Waals surface area contributed by atoms with Gasteiger partial charge in [-0.2, -0.15) is 13.2 Å². The average molecular weight is 390 g/mol. The zero-order chi connectivity index (χ0) is 20.5. The molecule has 0 amide bonds. The van der Waals surface area contributed by atoms with Crippen molar-refractivity contribution >= 4 is 16.9 Å². The minimum absolute atomic E-state index is 0.0182. The van der Waals surface area contributed by atoms with E-state index in [-0.39, 0.29) is 11.1 Å². The molecule has 1 aromatic heterocycles. The Bertz CT molecular complexity index is 1020. The summed E-state index contributed by atoms with van der Waals surface area (Å²) in [4.78, 5) is 14.9. The van der Waals surface area contributed by atoms with Gasteiger partial charge in [0.1, 0.15) is 0 Å². The average Bonchev–Trinajstić information content (AvgIpc) is 3.02. The van der Waals surface area contributed by atoms with Crippen LogP contribution >= 0.6 is 0 Å². The van der Waals surface area contributed by atoms with Gasteiger partial charge in [0, 0.05) is 16.5 Å². The van der Waals surface area contributed by atoms with Crippen molar-refractivity contribution in [2.24, 2.45) is 5.73 Å². The first-order chi connectivity index (χ1) is 13.3. The van der Waals surface area contributed by atoms with E-state index < -0.39 is 17.7 Å². The molecule has 0 bridgehead atoms. The number of H-pyrrole nitrogens is 1. The summed E-state index contributed by atoms with van der Waals surface area (Å²) >= 11 is 0. The Morgan fingerprint density at radius 2 is 1.86 bits per heavy atom. The molecule has 0 fully saturated rings. The lowest BCUT2D eigenvalue weighted by Gasteiger charge is -2.13. The van der Waals surface area contributed by atoms with Crippen LogP contribution in [-0.2, 0) is 12.6 Å². The second-order valence-electron chi connectivity index (χ2n) is 6.75. The van der Waals surface area contributed by atoms with Crippen LogP contribution in [0.5, 0.6) is 0 Å². The quantitative estimate of drug-likeness (QED) is 0.510. The predicted molar refractivity (Wildman–Crippen MR) is 102 cm³/mol. The summed E-state index contributed by atoms with van der Waals surface area (Å²) in [5.74, 6) is -1.11. The number of carboxylic acids is 1.